The zero-order chi connectivity index (χ0) is 34.5. The highest BCUT2D eigenvalue weighted by atomic mass is 19.4. The second-order valence-corrected chi connectivity index (χ2v) is 13.1. The third-order valence-corrected chi connectivity index (χ3v) is 8.59. The van der Waals surface area contributed by atoms with E-state index in [-0.39, 0.29) is 30.6 Å². The van der Waals surface area contributed by atoms with Gasteiger partial charge in [0, 0.05) is 37.7 Å². The van der Waals surface area contributed by atoms with Crippen molar-refractivity contribution in [2.45, 2.75) is 82.7 Å². The molecule has 2 aromatic rings. The normalized spacial score (nSPS) is 22.9. The SMILES string of the molecule is C[C@@H](O[C@H]1CN2C(=O)C=C(C3=CCN(C(=O)OC(C)(C)C)CC3)CC2[C@@H]1c1ccc(F)cc1)c1cc(C(F)(F)F)cc(C(F)(F)F)c1. The Labute approximate surface area is 267 Å². The van der Waals surface area contributed by atoms with Gasteiger partial charge in [-0.1, -0.05) is 18.2 Å². The van der Waals surface area contributed by atoms with Crippen LogP contribution in [0.5, 0.6) is 0 Å². The lowest BCUT2D eigenvalue weighted by Gasteiger charge is -2.35. The number of hydrogen-bond donors (Lipinski definition) is 0. The average Bonchev–Trinajstić information content (AvgIpc) is 3.34. The zero-order valence-electron chi connectivity index (χ0n) is 26.2. The lowest BCUT2D eigenvalue weighted by atomic mass is 9.82. The van der Waals surface area contributed by atoms with Gasteiger partial charge < -0.3 is 19.3 Å². The van der Waals surface area contributed by atoms with Crippen molar-refractivity contribution in [3.05, 3.63) is 93.8 Å². The number of rotatable bonds is 5. The summed E-state index contributed by atoms with van der Waals surface area (Å²) in [5.74, 6) is -1.39. The first-order valence-corrected chi connectivity index (χ1v) is 15.2. The van der Waals surface area contributed by atoms with Crippen LogP contribution in [0.3, 0.4) is 0 Å². The van der Waals surface area contributed by atoms with Crippen molar-refractivity contribution < 1.29 is 49.8 Å². The number of amides is 2. The van der Waals surface area contributed by atoms with Gasteiger partial charge in [-0.05, 0) is 93.1 Å². The van der Waals surface area contributed by atoms with Gasteiger partial charge in [-0.2, -0.15) is 26.3 Å². The fourth-order valence-corrected chi connectivity index (χ4v) is 6.37. The Bertz CT molecular complexity index is 1540. The largest absolute Gasteiger partial charge is 0.444 e. The van der Waals surface area contributed by atoms with E-state index in [1.54, 1.807) is 30.6 Å². The molecule has 4 atom stereocenters. The number of carbonyl (C=O) groups excluding carboxylic acids is 2. The van der Waals surface area contributed by atoms with E-state index < -0.39 is 65.2 Å². The van der Waals surface area contributed by atoms with E-state index in [1.807, 2.05) is 6.08 Å². The van der Waals surface area contributed by atoms with Gasteiger partial charge in [-0.15, -0.1) is 0 Å². The Balaban J connectivity index is 1.41. The summed E-state index contributed by atoms with van der Waals surface area (Å²) in [5.41, 5.74) is -1.62. The lowest BCUT2D eigenvalue weighted by Crippen LogP contribution is -2.41. The van der Waals surface area contributed by atoms with Crippen LogP contribution in [0.4, 0.5) is 35.5 Å². The Kier molecular flexibility index (Phi) is 9.26. The van der Waals surface area contributed by atoms with Crippen LogP contribution in [0.2, 0.25) is 0 Å². The van der Waals surface area contributed by atoms with E-state index in [0.717, 1.165) is 11.1 Å². The van der Waals surface area contributed by atoms with Crippen molar-refractivity contribution in [2.75, 3.05) is 19.6 Å². The molecule has 0 saturated carbocycles. The lowest BCUT2D eigenvalue weighted by molar-refractivity contribution is -0.143. The first kappa shape index (κ1) is 34.5. The fourth-order valence-electron chi connectivity index (χ4n) is 6.37. The molecule has 3 heterocycles. The Morgan fingerprint density at radius 1 is 0.936 bits per heavy atom. The highest BCUT2D eigenvalue weighted by Crippen LogP contribution is 2.45. The number of carbonyl (C=O) groups is 2. The second kappa shape index (κ2) is 12.6. The molecule has 0 spiro atoms. The minimum Gasteiger partial charge on any atom is -0.444 e. The van der Waals surface area contributed by atoms with Crippen LogP contribution >= 0.6 is 0 Å². The van der Waals surface area contributed by atoms with E-state index in [0.29, 0.717) is 37.1 Å². The molecule has 3 aliphatic rings. The molecule has 1 fully saturated rings. The Morgan fingerprint density at radius 2 is 1.55 bits per heavy atom. The van der Waals surface area contributed by atoms with Gasteiger partial charge in [0.1, 0.15) is 11.4 Å². The van der Waals surface area contributed by atoms with Crippen LogP contribution in [-0.2, 0) is 26.6 Å². The van der Waals surface area contributed by atoms with Crippen molar-refractivity contribution in [1.29, 1.82) is 0 Å². The van der Waals surface area contributed by atoms with Crippen LogP contribution in [-0.4, -0.2) is 59.2 Å². The number of hydrogen-bond acceptors (Lipinski definition) is 4. The molecule has 3 aliphatic heterocycles. The molecule has 0 aromatic heterocycles. The molecular weight excluding hydrogens is 633 g/mol. The molecule has 254 valence electrons. The number of benzene rings is 2. The molecule has 13 heteroatoms. The molecule has 0 radical (unpaired) electrons. The third kappa shape index (κ3) is 7.82. The van der Waals surface area contributed by atoms with Crippen LogP contribution in [0.1, 0.15) is 74.8 Å². The van der Waals surface area contributed by atoms with Crippen LogP contribution in [0.25, 0.3) is 0 Å². The first-order chi connectivity index (χ1) is 21.8. The molecular formula is C34H35F7N2O4. The van der Waals surface area contributed by atoms with Crippen molar-refractivity contribution >= 4 is 12.0 Å². The standard InChI is InChI=1S/C34H35F7N2O4/c1-19(22-13-24(33(36,37)38)17-25(14-22)34(39,40)41)46-28-18-43-27(30(28)21-5-7-26(35)8-6-21)15-23(16-29(43)44)20-9-11-42(12-10-20)31(45)47-32(2,3)4/h5-9,13-14,16-17,19,27-28,30H,10-12,15,18H2,1-4H3/t19-,27?,28+,30+/m1/s1. The first-order valence-electron chi connectivity index (χ1n) is 15.2. The van der Waals surface area contributed by atoms with Gasteiger partial charge in [0.15, 0.2) is 0 Å². The summed E-state index contributed by atoms with van der Waals surface area (Å²) in [6.07, 6.45) is -8.30. The number of nitrogens with zero attached hydrogens (tertiary/aromatic N) is 2. The smallest absolute Gasteiger partial charge is 0.416 e. The molecule has 1 unspecified atom stereocenters. The quantitative estimate of drug-likeness (QED) is 0.302. The van der Waals surface area contributed by atoms with Gasteiger partial charge in [0.05, 0.1) is 23.3 Å². The number of ether oxygens (including phenoxy) is 2. The summed E-state index contributed by atoms with van der Waals surface area (Å²) in [4.78, 5) is 29.1. The van der Waals surface area contributed by atoms with Gasteiger partial charge in [-0.25, -0.2) is 9.18 Å². The Hall–Kier alpha value is -3.87. The maximum Gasteiger partial charge on any atom is 0.416 e. The molecule has 6 nitrogen and oxygen atoms in total. The van der Waals surface area contributed by atoms with Crippen molar-refractivity contribution in [2.24, 2.45) is 0 Å². The molecule has 0 N–H and O–H groups in total. The summed E-state index contributed by atoms with van der Waals surface area (Å²) in [7, 11) is 0. The minimum atomic E-state index is -5.02. The minimum absolute atomic E-state index is 0.0240. The monoisotopic (exact) mass is 668 g/mol. The van der Waals surface area contributed by atoms with Crippen molar-refractivity contribution in [3.63, 3.8) is 0 Å². The predicted molar refractivity (Wildman–Crippen MR) is 158 cm³/mol. The summed E-state index contributed by atoms with van der Waals surface area (Å²) < 4.78 is 107. The van der Waals surface area contributed by atoms with E-state index in [2.05, 4.69) is 0 Å². The van der Waals surface area contributed by atoms with E-state index in [9.17, 15) is 40.3 Å². The van der Waals surface area contributed by atoms with E-state index >= 15 is 0 Å². The summed E-state index contributed by atoms with van der Waals surface area (Å²) in [5, 5.41) is 0. The highest BCUT2D eigenvalue weighted by molar-refractivity contribution is 5.91. The maximum absolute atomic E-state index is 13.9. The molecule has 2 amide bonds. The maximum atomic E-state index is 13.9. The fraction of sp³-hybridized carbons (Fsp3) is 0.471. The summed E-state index contributed by atoms with van der Waals surface area (Å²) in [6, 6.07) is 6.42. The number of alkyl halides is 6. The summed E-state index contributed by atoms with van der Waals surface area (Å²) in [6.45, 7) is 7.37. The van der Waals surface area contributed by atoms with E-state index in [1.165, 1.54) is 37.3 Å². The van der Waals surface area contributed by atoms with Gasteiger partial charge in [-0.3, -0.25) is 4.79 Å². The van der Waals surface area contributed by atoms with Gasteiger partial charge in [0.25, 0.3) is 0 Å². The van der Waals surface area contributed by atoms with Crippen LogP contribution in [0, 0.1) is 5.82 Å². The van der Waals surface area contributed by atoms with E-state index in [4.69, 9.17) is 9.47 Å². The van der Waals surface area contributed by atoms with Crippen molar-refractivity contribution in [3.8, 4) is 0 Å². The summed E-state index contributed by atoms with van der Waals surface area (Å²) >= 11 is 0. The number of fused-ring (bicyclic) bond motifs is 1. The molecule has 5 rings (SSSR count). The van der Waals surface area contributed by atoms with Gasteiger partial charge >= 0.3 is 18.4 Å². The topological polar surface area (TPSA) is 59.1 Å². The molecule has 47 heavy (non-hydrogen) atoms. The predicted octanol–water partition coefficient (Wildman–Crippen LogP) is 8.20. The molecule has 0 bridgehead atoms. The van der Waals surface area contributed by atoms with Gasteiger partial charge in [0.2, 0.25) is 5.91 Å². The van der Waals surface area contributed by atoms with Crippen LogP contribution in [0.15, 0.2) is 65.8 Å². The average molecular weight is 669 g/mol. The Morgan fingerprint density at radius 3 is 2.09 bits per heavy atom. The zero-order valence-corrected chi connectivity index (χ0v) is 26.2. The van der Waals surface area contributed by atoms with Crippen molar-refractivity contribution in [1.82, 2.24) is 9.80 Å². The molecule has 1 saturated heterocycles. The second-order valence-electron chi connectivity index (χ2n) is 13.1. The molecule has 2 aromatic carbocycles. The molecule has 0 aliphatic carbocycles. The third-order valence-electron chi connectivity index (χ3n) is 8.59. The van der Waals surface area contributed by atoms with Crippen LogP contribution < -0.4 is 0 Å². The highest BCUT2D eigenvalue weighted by Gasteiger charge is 2.48. The number of halogens is 7.